The molecule has 0 bridgehead atoms. The maximum Gasteiger partial charge on any atom is 0.315 e. The van der Waals surface area contributed by atoms with Crippen LogP contribution in [0.1, 0.15) is 19.4 Å². The van der Waals surface area contributed by atoms with Crippen molar-refractivity contribution in [1.82, 2.24) is 5.32 Å². The lowest BCUT2D eigenvalue weighted by molar-refractivity contribution is -0.137. The van der Waals surface area contributed by atoms with E-state index >= 15 is 0 Å². The quantitative estimate of drug-likeness (QED) is 0.539. The first kappa shape index (κ1) is 24.2. The van der Waals surface area contributed by atoms with Crippen LogP contribution in [0.25, 0.3) is 0 Å². The van der Waals surface area contributed by atoms with Gasteiger partial charge in [-0.25, -0.2) is 0 Å². The summed E-state index contributed by atoms with van der Waals surface area (Å²) in [5.74, 6) is -0.0533. The van der Waals surface area contributed by atoms with E-state index in [1.807, 2.05) is 32.0 Å². The van der Waals surface area contributed by atoms with Crippen LogP contribution in [0.5, 0.6) is 0 Å². The van der Waals surface area contributed by atoms with Gasteiger partial charge in [0, 0.05) is 11.4 Å². The van der Waals surface area contributed by atoms with E-state index in [9.17, 15) is 14.4 Å². The molecule has 1 aromatic rings. The molecular formula is C17H26ClN3O4S. The molecule has 0 heterocycles. The number of anilines is 1. The standard InChI is InChI=1S/C17H25N3O4S.ClH/c1-11(2)16(18)17(23)19-8-14(21)20-13-6-4-5-12(7-13)9-25-10-15(22)24-3;/h4-7,11,16H,8-10,18H2,1-3H3,(H,19,23)(H,20,21);1H/t16-;/m0./s1. The molecule has 0 aromatic heterocycles. The predicted molar refractivity (Wildman–Crippen MR) is 106 cm³/mol. The number of hydrogen-bond donors (Lipinski definition) is 3. The van der Waals surface area contributed by atoms with Crippen molar-refractivity contribution in [1.29, 1.82) is 0 Å². The summed E-state index contributed by atoms with van der Waals surface area (Å²) in [7, 11) is 1.35. The SMILES string of the molecule is COC(=O)CSCc1cccc(NC(=O)CNC(=O)[C@@H](N)C(C)C)c1.Cl. The van der Waals surface area contributed by atoms with E-state index in [4.69, 9.17) is 5.73 Å². The second kappa shape index (κ2) is 12.6. The number of carbonyl (C=O) groups is 3. The molecule has 0 fully saturated rings. The first-order valence-corrected chi connectivity index (χ1v) is 9.05. The Bertz CT molecular complexity index is 613. The largest absolute Gasteiger partial charge is 0.468 e. The molecule has 0 unspecified atom stereocenters. The molecular weight excluding hydrogens is 378 g/mol. The van der Waals surface area contributed by atoms with Gasteiger partial charge < -0.3 is 21.1 Å². The van der Waals surface area contributed by atoms with Crippen molar-refractivity contribution < 1.29 is 19.1 Å². The molecule has 1 atom stereocenters. The number of nitrogens with one attached hydrogen (secondary N) is 2. The normalized spacial score (nSPS) is 11.3. The Morgan fingerprint density at radius 1 is 1.27 bits per heavy atom. The van der Waals surface area contributed by atoms with E-state index in [1.165, 1.54) is 18.9 Å². The Kier molecular flexibility index (Phi) is 11.7. The number of hydrogen-bond acceptors (Lipinski definition) is 6. The molecule has 9 heteroatoms. The van der Waals surface area contributed by atoms with Gasteiger partial charge in [-0.3, -0.25) is 14.4 Å². The van der Waals surface area contributed by atoms with E-state index in [-0.39, 0.29) is 48.4 Å². The van der Waals surface area contributed by atoms with Gasteiger partial charge in [-0.05, 0) is 23.6 Å². The van der Waals surface area contributed by atoms with Crippen molar-refractivity contribution in [2.24, 2.45) is 11.7 Å². The summed E-state index contributed by atoms with van der Waals surface area (Å²) in [4.78, 5) is 34.8. The van der Waals surface area contributed by atoms with Crippen LogP contribution in [0.4, 0.5) is 5.69 Å². The highest BCUT2D eigenvalue weighted by Gasteiger charge is 2.17. The number of halogens is 1. The van der Waals surface area contributed by atoms with Crippen molar-refractivity contribution >= 4 is 47.6 Å². The molecule has 0 radical (unpaired) electrons. The van der Waals surface area contributed by atoms with E-state index in [0.717, 1.165) is 5.56 Å². The van der Waals surface area contributed by atoms with Crippen molar-refractivity contribution in [3.8, 4) is 0 Å². The zero-order valence-corrected chi connectivity index (χ0v) is 16.7. The second-order valence-electron chi connectivity index (χ2n) is 5.81. The number of thioether (sulfide) groups is 1. The van der Waals surface area contributed by atoms with Crippen LogP contribution in [0, 0.1) is 5.92 Å². The summed E-state index contributed by atoms with van der Waals surface area (Å²) in [5.41, 5.74) is 7.32. The van der Waals surface area contributed by atoms with Gasteiger partial charge in [-0.2, -0.15) is 0 Å². The number of benzene rings is 1. The summed E-state index contributed by atoms with van der Waals surface area (Å²) < 4.78 is 4.58. The number of nitrogens with two attached hydrogens (primary N) is 1. The summed E-state index contributed by atoms with van der Waals surface area (Å²) >= 11 is 1.43. The van der Waals surface area contributed by atoms with Crippen LogP contribution >= 0.6 is 24.2 Å². The molecule has 146 valence electrons. The Hall–Kier alpha value is -1.77. The highest BCUT2D eigenvalue weighted by Crippen LogP contribution is 2.16. The van der Waals surface area contributed by atoms with Crippen molar-refractivity contribution in [3.05, 3.63) is 29.8 Å². The number of carbonyl (C=O) groups excluding carboxylic acids is 3. The van der Waals surface area contributed by atoms with Gasteiger partial charge in [0.1, 0.15) is 0 Å². The van der Waals surface area contributed by atoms with Gasteiger partial charge in [0.15, 0.2) is 0 Å². The molecule has 7 nitrogen and oxygen atoms in total. The summed E-state index contributed by atoms with van der Waals surface area (Å²) in [6, 6.07) is 6.67. The lowest BCUT2D eigenvalue weighted by atomic mass is 10.1. The molecule has 1 aromatic carbocycles. The molecule has 2 amide bonds. The monoisotopic (exact) mass is 403 g/mol. The van der Waals surface area contributed by atoms with Gasteiger partial charge in [-0.1, -0.05) is 26.0 Å². The van der Waals surface area contributed by atoms with Crippen molar-refractivity contribution in [2.75, 3.05) is 24.7 Å². The Balaban J connectivity index is 0.00000625. The smallest absolute Gasteiger partial charge is 0.315 e. The minimum absolute atomic E-state index is 0. The zero-order chi connectivity index (χ0) is 18.8. The third-order valence-electron chi connectivity index (χ3n) is 3.37. The zero-order valence-electron chi connectivity index (χ0n) is 15.1. The lowest BCUT2D eigenvalue weighted by Gasteiger charge is -2.15. The Labute approximate surface area is 164 Å². The minimum atomic E-state index is -0.636. The van der Waals surface area contributed by atoms with Crippen molar-refractivity contribution in [3.63, 3.8) is 0 Å². The number of ether oxygens (including phenoxy) is 1. The average Bonchev–Trinajstić information content (AvgIpc) is 2.59. The number of esters is 1. The van der Waals surface area contributed by atoms with Crippen LogP contribution in [0.15, 0.2) is 24.3 Å². The van der Waals surface area contributed by atoms with E-state index in [0.29, 0.717) is 11.4 Å². The van der Waals surface area contributed by atoms with Crippen LogP contribution in [0.2, 0.25) is 0 Å². The van der Waals surface area contributed by atoms with Gasteiger partial charge in [0.25, 0.3) is 0 Å². The molecule has 0 saturated heterocycles. The van der Waals surface area contributed by atoms with Gasteiger partial charge in [0.05, 0.1) is 25.4 Å². The molecule has 0 spiro atoms. The lowest BCUT2D eigenvalue weighted by Crippen LogP contribution is -2.46. The number of amides is 2. The van der Waals surface area contributed by atoms with Gasteiger partial charge >= 0.3 is 5.97 Å². The van der Waals surface area contributed by atoms with Crippen LogP contribution < -0.4 is 16.4 Å². The average molecular weight is 404 g/mol. The molecule has 26 heavy (non-hydrogen) atoms. The van der Waals surface area contributed by atoms with E-state index in [2.05, 4.69) is 15.4 Å². The maximum atomic E-state index is 11.9. The molecule has 4 N–H and O–H groups in total. The minimum Gasteiger partial charge on any atom is -0.468 e. The van der Waals surface area contributed by atoms with Gasteiger partial charge in [-0.15, -0.1) is 24.2 Å². The van der Waals surface area contributed by atoms with E-state index < -0.39 is 6.04 Å². The maximum absolute atomic E-state index is 11.9. The number of methoxy groups -OCH3 is 1. The summed E-state index contributed by atoms with van der Waals surface area (Å²) in [6.07, 6.45) is 0. The fourth-order valence-electron chi connectivity index (χ4n) is 1.84. The second-order valence-corrected chi connectivity index (χ2v) is 6.79. The van der Waals surface area contributed by atoms with Gasteiger partial charge in [0.2, 0.25) is 11.8 Å². The topological polar surface area (TPSA) is 111 Å². The Morgan fingerprint density at radius 3 is 2.58 bits per heavy atom. The molecule has 0 aliphatic heterocycles. The first-order valence-electron chi connectivity index (χ1n) is 7.90. The van der Waals surface area contributed by atoms with Crippen LogP contribution in [0.3, 0.4) is 0 Å². The Morgan fingerprint density at radius 2 is 1.96 bits per heavy atom. The molecule has 1 rings (SSSR count). The van der Waals surface area contributed by atoms with E-state index in [1.54, 1.807) is 6.07 Å². The molecule has 0 aliphatic carbocycles. The fourth-order valence-corrected chi connectivity index (χ4v) is 2.65. The third kappa shape index (κ3) is 9.07. The summed E-state index contributed by atoms with van der Waals surface area (Å²) in [5, 5.41) is 5.24. The summed E-state index contributed by atoms with van der Waals surface area (Å²) in [6.45, 7) is 3.54. The van der Waals surface area contributed by atoms with Crippen LogP contribution in [-0.2, 0) is 24.9 Å². The third-order valence-corrected chi connectivity index (χ3v) is 4.35. The van der Waals surface area contributed by atoms with Crippen LogP contribution in [-0.4, -0.2) is 43.2 Å². The predicted octanol–water partition coefficient (Wildman–Crippen LogP) is 1.55. The first-order chi connectivity index (χ1) is 11.8. The fraction of sp³-hybridized carbons (Fsp3) is 0.471. The number of rotatable bonds is 9. The molecule has 0 aliphatic rings. The highest BCUT2D eigenvalue weighted by molar-refractivity contribution is 7.99. The highest BCUT2D eigenvalue weighted by atomic mass is 35.5. The molecule has 0 saturated carbocycles. The van der Waals surface area contributed by atoms with Crippen molar-refractivity contribution in [2.45, 2.75) is 25.6 Å².